The first kappa shape index (κ1) is 23.9. The number of rotatable bonds is 7. The van der Waals surface area contributed by atoms with Gasteiger partial charge in [-0.25, -0.2) is 0 Å². The molecule has 0 amide bonds. The molecule has 1 N–H and O–H groups in total. The van der Waals surface area contributed by atoms with E-state index in [1.54, 1.807) is 11.6 Å². The summed E-state index contributed by atoms with van der Waals surface area (Å²) >= 11 is 0. The summed E-state index contributed by atoms with van der Waals surface area (Å²) < 4.78 is 0. The van der Waals surface area contributed by atoms with Crippen LogP contribution in [0, 0.1) is 17.2 Å². The van der Waals surface area contributed by atoms with Gasteiger partial charge < -0.3 is 5.11 Å². The third-order valence-electron chi connectivity index (χ3n) is 4.92. The number of aliphatic hydroxyl groups is 1. The van der Waals surface area contributed by atoms with Crippen LogP contribution in [0.4, 0.5) is 5.69 Å². The highest BCUT2D eigenvalue weighted by atomic mass is 16.2. The second-order valence-electron chi connectivity index (χ2n) is 7.75. The summed E-state index contributed by atoms with van der Waals surface area (Å²) in [4.78, 5) is 4.17. The molecule has 1 aliphatic carbocycles. The van der Waals surface area contributed by atoms with Crippen LogP contribution >= 0.6 is 0 Å². The van der Waals surface area contributed by atoms with Crippen molar-refractivity contribution in [2.45, 2.75) is 72.6 Å². The van der Waals surface area contributed by atoms with Crippen molar-refractivity contribution < 1.29 is 5.11 Å². The van der Waals surface area contributed by atoms with E-state index >= 15 is 0 Å². The quantitative estimate of drug-likeness (QED) is 0.322. The van der Waals surface area contributed by atoms with Crippen LogP contribution in [-0.4, -0.2) is 17.9 Å². The topological polar surface area (TPSA) is 56.4 Å². The molecule has 28 heavy (non-hydrogen) atoms. The van der Waals surface area contributed by atoms with Crippen LogP contribution in [-0.2, 0) is 6.42 Å². The van der Waals surface area contributed by atoms with Gasteiger partial charge in [0, 0.05) is 6.21 Å². The molecule has 1 unspecified atom stereocenters. The maximum Gasteiger partial charge on any atom is 0.0998 e. The predicted octanol–water partition coefficient (Wildman–Crippen LogP) is 6.77. The monoisotopic (exact) mass is 380 g/mol. The average Bonchev–Trinajstić information content (AvgIpc) is 2.66. The highest BCUT2D eigenvalue weighted by Gasteiger charge is 2.11. The summed E-state index contributed by atoms with van der Waals surface area (Å²) in [5, 5.41) is 18.1. The summed E-state index contributed by atoms with van der Waals surface area (Å²) in [6.45, 7) is 12.5. The first-order valence-corrected chi connectivity index (χ1v) is 10.5. The lowest BCUT2D eigenvalue weighted by atomic mass is 9.92. The normalized spacial score (nSPS) is 16.1. The molecule has 0 aromatic heterocycles. The lowest BCUT2D eigenvalue weighted by molar-refractivity contribution is 0.361. The van der Waals surface area contributed by atoms with Gasteiger partial charge in [0.05, 0.1) is 23.9 Å². The zero-order valence-corrected chi connectivity index (χ0v) is 18.1. The molecule has 3 heteroatoms. The molecule has 0 saturated heterocycles. The lowest BCUT2D eigenvalue weighted by Crippen LogP contribution is -1.97. The van der Waals surface area contributed by atoms with Gasteiger partial charge in [0.15, 0.2) is 0 Å². The fourth-order valence-corrected chi connectivity index (χ4v) is 3.62. The largest absolute Gasteiger partial charge is 0.391 e. The van der Waals surface area contributed by atoms with E-state index in [4.69, 9.17) is 5.11 Å². The Balaban J connectivity index is 0.000000406. The SMILES string of the molecule is C=C(C)c1c(C#N)cc(N=CCO)cc1CCCCC.CC1=CC(C)CCC1. The smallest absolute Gasteiger partial charge is 0.0998 e. The summed E-state index contributed by atoms with van der Waals surface area (Å²) in [7, 11) is 0. The molecule has 0 fully saturated rings. The minimum atomic E-state index is -0.102. The van der Waals surface area contributed by atoms with Crippen LogP contribution in [0.3, 0.4) is 0 Å². The molecule has 0 radical (unpaired) electrons. The molecule has 2 rings (SSSR count). The first-order chi connectivity index (χ1) is 13.4. The van der Waals surface area contributed by atoms with Crippen molar-refractivity contribution >= 4 is 17.5 Å². The van der Waals surface area contributed by atoms with E-state index in [-0.39, 0.29) is 6.61 Å². The number of nitriles is 1. The average molecular weight is 381 g/mol. The summed E-state index contributed by atoms with van der Waals surface area (Å²) in [6, 6.07) is 5.97. The van der Waals surface area contributed by atoms with Crippen LogP contribution in [0.5, 0.6) is 0 Å². The molecule has 1 aliphatic rings. The fourth-order valence-electron chi connectivity index (χ4n) is 3.62. The van der Waals surface area contributed by atoms with Gasteiger partial charge in [-0.1, -0.05) is 44.9 Å². The summed E-state index contributed by atoms with van der Waals surface area (Å²) in [5.41, 5.74) is 5.89. The molecule has 1 aromatic rings. The third-order valence-corrected chi connectivity index (χ3v) is 4.92. The van der Waals surface area contributed by atoms with E-state index in [0.717, 1.165) is 41.9 Å². The highest BCUT2D eigenvalue weighted by Crippen LogP contribution is 2.29. The summed E-state index contributed by atoms with van der Waals surface area (Å²) in [6.07, 6.45) is 12.3. The van der Waals surface area contributed by atoms with Gasteiger partial charge in [0.1, 0.15) is 0 Å². The molecular formula is C25H36N2O. The van der Waals surface area contributed by atoms with Crippen molar-refractivity contribution in [3.8, 4) is 6.07 Å². The van der Waals surface area contributed by atoms with Crippen molar-refractivity contribution in [3.05, 3.63) is 47.1 Å². The van der Waals surface area contributed by atoms with Crippen LogP contribution in [0.15, 0.2) is 35.4 Å². The van der Waals surface area contributed by atoms with Crippen molar-refractivity contribution in [1.82, 2.24) is 0 Å². The second-order valence-corrected chi connectivity index (χ2v) is 7.75. The van der Waals surface area contributed by atoms with Crippen LogP contribution in [0.1, 0.15) is 82.9 Å². The Bertz CT molecular complexity index is 738. The molecule has 1 atom stereocenters. The number of hydrogen-bond acceptors (Lipinski definition) is 3. The van der Waals surface area contributed by atoms with E-state index in [9.17, 15) is 5.26 Å². The number of allylic oxidation sites excluding steroid dienone is 3. The van der Waals surface area contributed by atoms with E-state index in [2.05, 4.69) is 44.5 Å². The van der Waals surface area contributed by atoms with Crippen molar-refractivity contribution in [2.75, 3.05) is 6.61 Å². The van der Waals surface area contributed by atoms with Crippen molar-refractivity contribution in [1.29, 1.82) is 5.26 Å². The Hall–Kier alpha value is -2.18. The van der Waals surface area contributed by atoms with Crippen LogP contribution in [0.2, 0.25) is 0 Å². The number of nitrogens with zero attached hydrogens (tertiary/aromatic N) is 2. The second kappa shape index (κ2) is 13.1. The molecule has 1 aromatic carbocycles. The molecular weight excluding hydrogens is 344 g/mol. The van der Waals surface area contributed by atoms with Gasteiger partial charge >= 0.3 is 0 Å². The van der Waals surface area contributed by atoms with E-state index in [1.807, 2.05) is 13.0 Å². The van der Waals surface area contributed by atoms with Gasteiger partial charge in [-0.05, 0) is 80.7 Å². The number of aliphatic imine (C=N–C) groups is 1. The molecule has 0 heterocycles. The Kier molecular flexibility index (Phi) is 11.1. The standard InChI is InChI=1S/C17H22N2O.C8H14/c1-4-5-6-7-14-10-16(19-8-9-20)11-15(12-18)17(14)13(2)3;1-7-4-3-5-8(2)6-7/h8,10-11,20H,2,4-7,9H2,1,3H3;6-7H,3-5H2,1-2H3. The molecule has 0 bridgehead atoms. The Labute approximate surface area is 171 Å². The maximum atomic E-state index is 9.32. The first-order valence-electron chi connectivity index (χ1n) is 10.5. The predicted molar refractivity (Wildman–Crippen MR) is 121 cm³/mol. The molecule has 0 aliphatic heterocycles. The zero-order chi connectivity index (χ0) is 20.9. The Morgan fingerprint density at radius 1 is 1.39 bits per heavy atom. The number of aliphatic hydroxyl groups excluding tert-OH is 1. The van der Waals surface area contributed by atoms with Crippen LogP contribution in [0.25, 0.3) is 5.57 Å². The van der Waals surface area contributed by atoms with Gasteiger partial charge in [0.2, 0.25) is 0 Å². The van der Waals surface area contributed by atoms with E-state index < -0.39 is 0 Å². The van der Waals surface area contributed by atoms with E-state index in [0.29, 0.717) is 11.3 Å². The Morgan fingerprint density at radius 2 is 2.14 bits per heavy atom. The fraction of sp³-hybridized carbons (Fsp3) is 0.520. The van der Waals surface area contributed by atoms with Crippen LogP contribution < -0.4 is 0 Å². The lowest BCUT2D eigenvalue weighted by Gasteiger charge is -2.13. The van der Waals surface area contributed by atoms with Gasteiger partial charge in [0.25, 0.3) is 0 Å². The number of benzene rings is 1. The highest BCUT2D eigenvalue weighted by molar-refractivity contribution is 5.74. The number of aryl methyl sites for hydroxylation is 1. The molecule has 0 spiro atoms. The van der Waals surface area contributed by atoms with Gasteiger partial charge in [-0.3, -0.25) is 4.99 Å². The summed E-state index contributed by atoms with van der Waals surface area (Å²) in [5.74, 6) is 0.851. The molecule has 3 nitrogen and oxygen atoms in total. The minimum absolute atomic E-state index is 0.102. The molecule has 152 valence electrons. The van der Waals surface area contributed by atoms with Gasteiger partial charge in [-0.15, -0.1) is 0 Å². The molecule has 0 saturated carbocycles. The van der Waals surface area contributed by atoms with Gasteiger partial charge in [-0.2, -0.15) is 5.26 Å². The van der Waals surface area contributed by atoms with Crippen molar-refractivity contribution in [2.24, 2.45) is 10.9 Å². The number of hydrogen-bond donors (Lipinski definition) is 1. The van der Waals surface area contributed by atoms with E-state index in [1.165, 1.54) is 31.9 Å². The Morgan fingerprint density at radius 3 is 2.64 bits per heavy atom. The zero-order valence-electron chi connectivity index (χ0n) is 18.1. The third kappa shape index (κ3) is 8.23. The number of unbranched alkanes of at least 4 members (excludes halogenated alkanes) is 2. The maximum absolute atomic E-state index is 9.32. The van der Waals surface area contributed by atoms with Crippen molar-refractivity contribution in [3.63, 3.8) is 0 Å². The minimum Gasteiger partial charge on any atom is -0.391 e.